The zero-order valence-electron chi connectivity index (χ0n) is 20.9. The zero-order chi connectivity index (χ0) is 25.8. The molecule has 2 heterocycles. The first-order valence-corrected chi connectivity index (χ1v) is 11.8. The van der Waals surface area contributed by atoms with Crippen molar-refractivity contribution >= 4 is 17.4 Å². The molecule has 1 N–H and O–H groups in total. The molecule has 0 bridgehead atoms. The normalized spacial score (nSPS) is 15.8. The lowest BCUT2D eigenvalue weighted by Gasteiger charge is -2.28. The number of aliphatic hydroxyl groups excluding tert-OH is 1. The summed E-state index contributed by atoms with van der Waals surface area (Å²) in [6.45, 7) is 6.29. The predicted octanol–water partition coefficient (Wildman–Crippen LogP) is 5.19. The van der Waals surface area contributed by atoms with Crippen LogP contribution in [0.25, 0.3) is 11.3 Å². The van der Waals surface area contributed by atoms with Gasteiger partial charge >= 0.3 is 0 Å². The fourth-order valence-electron chi connectivity index (χ4n) is 4.29. The first kappa shape index (κ1) is 25.2. The van der Waals surface area contributed by atoms with Gasteiger partial charge in [-0.3, -0.25) is 14.5 Å². The molecular formula is C28H30N2O6. The van der Waals surface area contributed by atoms with Crippen molar-refractivity contribution in [3.05, 3.63) is 77.6 Å². The van der Waals surface area contributed by atoms with Crippen molar-refractivity contribution in [3.63, 3.8) is 0 Å². The monoisotopic (exact) mass is 490 g/mol. The van der Waals surface area contributed by atoms with Gasteiger partial charge in [0.1, 0.15) is 24.3 Å². The number of aliphatic hydroxyl groups is 1. The highest BCUT2D eigenvalue weighted by atomic mass is 16.5. The molecule has 0 radical (unpaired) electrons. The van der Waals surface area contributed by atoms with Gasteiger partial charge in [-0.25, -0.2) is 4.98 Å². The third kappa shape index (κ3) is 5.04. The van der Waals surface area contributed by atoms with Gasteiger partial charge in [0, 0.05) is 37.3 Å². The van der Waals surface area contributed by atoms with Crippen LogP contribution in [0.4, 0.5) is 5.69 Å². The van der Waals surface area contributed by atoms with Gasteiger partial charge in [0.25, 0.3) is 5.91 Å². The maximum absolute atomic E-state index is 13.4. The van der Waals surface area contributed by atoms with Crippen LogP contribution in [0, 0.1) is 12.8 Å². The van der Waals surface area contributed by atoms with Crippen LogP contribution in [0.3, 0.4) is 0 Å². The molecule has 8 nitrogen and oxygen atoms in total. The summed E-state index contributed by atoms with van der Waals surface area (Å²) in [6, 6.07) is 13.6. The van der Waals surface area contributed by atoms with E-state index in [9.17, 15) is 14.7 Å². The summed E-state index contributed by atoms with van der Waals surface area (Å²) in [7, 11) is 1.58. The first-order valence-electron chi connectivity index (χ1n) is 11.8. The average Bonchev–Trinajstić information content (AvgIpc) is 3.40. The molecule has 4 rings (SSSR count). The topological polar surface area (TPSA) is 102 Å². The number of Topliss-reactive ketones (excluding diaryl/α,β-unsaturated/α-hetero) is 1. The average molecular weight is 491 g/mol. The Morgan fingerprint density at radius 1 is 1.14 bits per heavy atom. The van der Waals surface area contributed by atoms with Gasteiger partial charge in [0.2, 0.25) is 0 Å². The van der Waals surface area contributed by atoms with E-state index in [1.165, 1.54) is 4.90 Å². The highest BCUT2D eigenvalue weighted by molar-refractivity contribution is 6.16. The summed E-state index contributed by atoms with van der Waals surface area (Å²) >= 11 is 0. The van der Waals surface area contributed by atoms with Crippen LogP contribution >= 0.6 is 0 Å². The lowest BCUT2D eigenvalue weighted by Crippen LogP contribution is -2.31. The van der Waals surface area contributed by atoms with Crippen molar-refractivity contribution in [2.45, 2.75) is 33.2 Å². The van der Waals surface area contributed by atoms with Crippen molar-refractivity contribution in [1.29, 1.82) is 0 Å². The second-order valence-electron chi connectivity index (χ2n) is 9.04. The second kappa shape index (κ2) is 10.8. The molecule has 1 aliphatic heterocycles. The minimum Gasteiger partial charge on any atom is -0.503 e. The Morgan fingerprint density at radius 2 is 1.86 bits per heavy atom. The minimum absolute atomic E-state index is 0.0565. The number of carbonyl (C=O) groups is 2. The van der Waals surface area contributed by atoms with E-state index >= 15 is 0 Å². The summed E-state index contributed by atoms with van der Waals surface area (Å²) in [5.41, 5.74) is 2.70. The van der Waals surface area contributed by atoms with E-state index in [0.717, 1.165) is 5.56 Å². The van der Waals surface area contributed by atoms with E-state index in [1.54, 1.807) is 44.6 Å². The maximum atomic E-state index is 13.4. The van der Waals surface area contributed by atoms with Crippen LogP contribution in [-0.2, 0) is 14.3 Å². The number of methoxy groups -OCH3 is 1. The lowest BCUT2D eigenvalue weighted by molar-refractivity contribution is -0.118. The number of benzene rings is 2. The Balaban J connectivity index is 1.78. The van der Waals surface area contributed by atoms with Crippen molar-refractivity contribution < 1.29 is 28.6 Å². The third-order valence-electron chi connectivity index (χ3n) is 5.92. The Hall–Kier alpha value is -3.91. The van der Waals surface area contributed by atoms with E-state index in [2.05, 4.69) is 4.98 Å². The molecule has 0 spiro atoms. The Morgan fingerprint density at radius 3 is 2.50 bits per heavy atom. The van der Waals surface area contributed by atoms with Gasteiger partial charge in [-0.2, -0.15) is 0 Å². The molecule has 1 unspecified atom stereocenters. The molecule has 188 valence electrons. The molecule has 0 saturated carbocycles. The fraction of sp³-hybridized carbons (Fsp3) is 0.321. The van der Waals surface area contributed by atoms with Gasteiger partial charge in [0.15, 0.2) is 17.4 Å². The number of rotatable bonds is 10. The second-order valence-corrected chi connectivity index (χ2v) is 9.04. The van der Waals surface area contributed by atoms with E-state index in [0.29, 0.717) is 41.8 Å². The molecule has 1 atom stereocenters. The Labute approximate surface area is 210 Å². The predicted molar refractivity (Wildman–Crippen MR) is 135 cm³/mol. The summed E-state index contributed by atoms with van der Waals surface area (Å²) in [4.78, 5) is 32.5. The molecule has 1 aliphatic rings. The van der Waals surface area contributed by atoms with Gasteiger partial charge in [-0.05, 0) is 24.1 Å². The molecule has 0 fully saturated rings. The van der Waals surface area contributed by atoms with E-state index in [1.807, 2.05) is 38.1 Å². The number of carbonyl (C=O) groups excluding carboxylic acids is 2. The number of aromatic nitrogens is 1. The van der Waals surface area contributed by atoms with Gasteiger partial charge in [-0.15, -0.1) is 0 Å². The van der Waals surface area contributed by atoms with Crippen molar-refractivity contribution in [2.24, 2.45) is 5.92 Å². The summed E-state index contributed by atoms with van der Waals surface area (Å²) < 4.78 is 16.3. The SMILES string of the molecule is COCCOc1ccccc1C1C(C(=O)CC(C)C)=C(O)C(=O)N1c1ccc(-c2coc(C)n2)cc1. The van der Waals surface area contributed by atoms with Crippen molar-refractivity contribution in [2.75, 3.05) is 25.2 Å². The quantitative estimate of drug-likeness (QED) is 0.390. The van der Waals surface area contributed by atoms with Crippen LogP contribution in [0.5, 0.6) is 5.75 Å². The lowest BCUT2D eigenvalue weighted by atomic mass is 9.91. The van der Waals surface area contributed by atoms with E-state index < -0.39 is 17.7 Å². The molecule has 0 saturated heterocycles. The molecule has 36 heavy (non-hydrogen) atoms. The maximum Gasteiger partial charge on any atom is 0.294 e. The number of nitrogens with zero attached hydrogens (tertiary/aromatic N) is 2. The van der Waals surface area contributed by atoms with Gasteiger partial charge in [-0.1, -0.05) is 44.2 Å². The van der Waals surface area contributed by atoms with Crippen LogP contribution in [0.1, 0.15) is 37.8 Å². The number of hydrogen-bond acceptors (Lipinski definition) is 7. The highest BCUT2D eigenvalue weighted by Crippen LogP contribution is 2.44. The minimum atomic E-state index is -0.845. The third-order valence-corrected chi connectivity index (χ3v) is 5.92. The zero-order valence-corrected chi connectivity index (χ0v) is 20.9. The van der Waals surface area contributed by atoms with Crippen LogP contribution in [0.2, 0.25) is 0 Å². The van der Waals surface area contributed by atoms with Crippen molar-refractivity contribution in [1.82, 2.24) is 4.98 Å². The first-order chi connectivity index (χ1) is 17.3. The number of ketones is 1. The molecule has 1 aromatic heterocycles. The number of amides is 1. The van der Waals surface area contributed by atoms with Crippen LogP contribution in [-0.4, -0.2) is 42.1 Å². The number of oxazole rings is 1. The molecule has 0 aliphatic carbocycles. The smallest absolute Gasteiger partial charge is 0.294 e. The molecule has 2 aromatic carbocycles. The molecular weight excluding hydrogens is 460 g/mol. The van der Waals surface area contributed by atoms with Gasteiger partial charge < -0.3 is 19.0 Å². The van der Waals surface area contributed by atoms with Crippen molar-refractivity contribution in [3.8, 4) is 17.0 Å². The number of aryl methyl sites for hydroxylation is 1. The number of para-hydroxylation sites is 1. The Bertz CT molecular complexity index is 1280. The number of ether oxygens (including phenoxy) is 2. The molecule has 1 amide bonds. The molecule has 8 heteroatoms. The van der Waals surface area contributed by atoms with E-state index in [-0.39, 0.29) is 23.7 Å². The molecule has 3 aromatic rings. The van der Waals surface area contributed by atoms with Crippen LogP contribution < -0.4 is 9.64 Å². The standard InChI is InChI=1S/C28H30N2O6/c1-17(2)15-23(31)25-26(21-7-5-6-8-24(21)35-14-13-34-4)30(28(33)27(25)32)20-11-9-19(10-12-20)22-16-36-18(3)29-22/h5-12,16-17,26,32H,13-15H2,1-4H3. The Kier molecular flexibility index (Phi) is 7.55. The number of anilines is 1. The summed E-state index contributed by atoms with van der Waals surface area (Å²) in [5, 5.41) is 10.9. The highest BCUT2D eigenvalue weighted by Gasteiger charge is 2.45. The van der Waals surface area contributed by atoms with Crippen LogP contribution in [0.15, 0.2) is 70.5 Å². The number of hydrogen-bond donors (Lipinski definition) is 1. The summed E-state index contributed by atoms with van der Waals surface area (Å²) in [6.07, 6.45) is 1.77. The fourth-order valence-corrected chi connectivity index (χ4v) is 4.29. The van der Waals surface area contributed by atoms with Gasteiger partial charge in [0.05, 0.1) is 18.2 Å². The largest absolute Gasteiger partial charge is 0.503 e. The van der Waals surface area contributed by atoms with E-state index in [4.69, 9.17) is 13.9 Å². The summed E-state index contributed by atoms with van der Waals surface area (Å²) in [5.74, 6) is -0.323.